The second-order valence-electron chi connectivity index (χ2n) is 5.41. The van der Waals surface area contributed by atoms with Gasteiger partial charge in [0.2, 0.25) is 0 Å². The Hall–Kier alpha value is -1.80. The van der Waals surface area contributed by atoms with Crippen LogP contribution in [0.1, 0.15) is 36.1 Å². The Labute approximate surface area is 128 Å². The van der Waals surface area contributed by atoms with E-state index in [-0.39, 0.29) is 0 Å². The van der Waals surface area contributed by atoms with Crippen LogP contribution in [0.5, 0.6) is 5.75 Å². The molecule has 0 aliphatic rings. The summed E-state index contributed by atoms with van der Waals surface area (Å²) in [5.41, 5.74) is 4.03. The molecule has 0 fully saturated rings. The quantitative estimate of drug-likeness (QED) is 0.818. The van der Waals surface area contributed by atoms with Crippen molar-refractivity contribution in [2.45, 2.75) is 32.7 Å². The smallest absolute Gasteiger partial charge is 0.119 e. The molecule has 2 heteroatoms. The number of ether oxygens (including phenoxy) is 1. The van der Waals surface area contributed by atoms with Crippen molar-refractivity contribution in [3.63, 3.8) is 0 Å². The van der Waals surface area contributed by atoms with Crippen molar-refractivity contribution < 1.29 is 4.74 Å². The molecule has 0 amide bonds. The highest BCUT2D eigenvalue weighted by Crippen LogP contribution is 2.23. The summed E-state index contributed by atoms with van der Waals surface area (Å²) in [6.07, 6.45) is 2.13. The Morgan fingerprint density at radius 2 is 1.90 bits per heavy atom. The first kappa shape index (κ1) is 15.6. The van der Waals surface area contributed by atoms with E-state index in [4.69, 9.17) is 4.74 Å². The van der Waals surface area contributed by atoms with E-state index in [2.05, 4.69) is 61.6 Å². The lowest BCUT2D eigenvalue weighted by Gasteiger charge is -2.20. The molecule has 2 rings (SSSR count). The number of hydrogen-bond donors (Lipinski definition) is 1. The van der Waals surface area contributed by atoms with Gasteiger partial charge in [-0.1, -0.05) is 43.3 Å². The van der Waals surface area contributed by atoms with E-state index in [0.29, 0.717) is 6.04 Å². The van der Waals surface area contributed by atoms with Crippen LogP contribution in [0.4, 0.5) is 0 Å². The van der Waals surface area contributed by atoms with Gasteiger partial charge in [0.05, 0.1) is 7.11 Å². The summed E-state index contributed by atoms with van der Waals surface area (Å²) in [7, 11) is 1.72. The molecule has 1 N–H and O–H groups in total. The first-order chi connectivity index (χ1) is 10.2. The van der Waals surface area contributed by atoms with Gasteiger partial charge in [-0.15, -0.1) is 0 Å². The van der Waals surface area contributed by atoms with Crippen LogP contribution in [0, 0.1) is 6.92 Å². The number of hydrogen-bond acceptors (Lipinski definition) is 2. The van der Waals surface area contributed by atoms with Gasteiger partial charge in [0.15, 0.2) is 0 Å². The SMILES string of the molecule is CCCNC(Cc1ccccc1C)c1cccc(OC)c1. The predicted molar refractivity (Wildman–Crippen MR) is 88.9 cm³/mol. The fourth-order valence-corrected chi connectivity index (χ4v) is 2.54. The number of nitrogens with one attached hydrogen (secondary N) is 1. The second-order valence-corrected chi connectivity index (χ2v) is 5.41. The average Bonchev–Trinajstić information content (AvgIpc) is 2.53. The topological polar surface area (TPSA) is 21.3 Å². The lowest BCUT2D eigenvalue weighted by Crippen LogP contribution is -2.24. The van der Waals surface area contributed by atoms with Gasteiger partial charge in [0.25, 0.3) is 0 Å². The molecule has 0 aliphatic heterocycles. The summed E-state index contributed by atoms with van der Waals surface area (Å²) < 4.78 is 5.36. The lowest BCUT2D eigenvalue weighted by molar-refractivity contribution is 0.412. The largest absolute Gasteiger partial charge is 0.497 e. The predicted octanol–water partition coefficient (Wildman–Crippen LogP) is 4.29. The zero-order valence-electron chi connectivity index (χ0n) is 13.2. The molecular formula is C19H25NO. The Morgan fingerprint density at radius 3 is 2.62 bits per heavy atom. The molecule has 0 radical (unpaired) electrons. The van der Waals surface area contributed by atoms with Crippen molar-refractivity contribution in [1.29, 1.82) is 0 Å². The van der Waals surface area contributed by atoms with E-state index in [1.807, 2.05) is 6.07 Å². The Kier molecular flexibility index (Phi) is 5.82. The summed E-state index contributed by atoms with van der Waals surface area (Å²) in [6, 6.07) is 17.3. The fraction of sp³-hybridized carbons (Fsp3) is 0.368. The molecule has 0 spiro atoms. The first-order valence-corrected chi connectivity index (χ1v) is 7.66. The van der Waals surface area contributed by atoms with E-state index in [1.165, 1.54) is 16.7 Å². The normalized spacial score (nSPS) is 12.1. The second kappa shape index (κ2) is 7.84. The van der Waals surface area contributed by atoms with Crippen LogP contribution in [-0.2, 0) is 6.42 Å². The van der Waals surface area contributed by atoms with Gasteiger partial charge in [0, 0.05) is 6.04 Å². The highest BCUT2D eigenvalue weighted by molar-refractivity contribution is 5.33. The minimum absolute atomic E-state index is 0.321. The van der Waals surface area contributed by atoms with Gasteiger partial charge in [0.1, 0.15) is 5.75 Å². The molecule has 0 saturated heterocycles. The third kappa shape index (κ3) is 4.33. The summed E-state index contributed by atoms with van der Waals surface area (Å²) in [5.74, 6) is 0.917. The van der Waals surface area contributed by atoms with Gasteiger partial charge < -0.3 is 10.1 Å². The summed E-state index contributed by atoms with van der Waals surface area (Å²) in [6.45, 7) is 5.40. The van der Waals surface area contributed by atoms with Crippen molar-refractivity contribution in [2.24, 2.45) is 0 Å². The number of aryl methyl sites for hydroxylation is 1. The third-order valence-electron chi connectivity index (χ3n) is 3.82. The molecule has 0 aromatic heterocycles. The minimum atomic E-state index is 0.321. The molecule has 0 bridgehead atoms. The number of rotatable bonds is 7. The molecule has 2 nitrogen and oxygen atoms in total. The zero-order chi connectivity index (χ0) is 15.1. The molecule has 2 aromatic carbocycles. The van der Waals surface area contributed by atoms with Gasteiger partial charge in [-0.05, 0) is 55.1 Å². The van der Waals surface area contributed by atoms with Crippen molar-refractivity contribution in [3.8, 4) is 5.75 Å². The van der Waals surface area contributed by atoms with Crippen molar-refractivity contribution in [3.05, 3.63) is 65.2 Å². The van der Waals surface area contributed by atoms with Gasteiger partial charge in [-0.2, -0.15) is 0 Å². The van der Waals surface area contributed by atoms with Crippen LogP contribution in [0.2, 0.25) is 0 Å². The van der Waals surface area contributed by atoms with E-state index >= 15 is 0 Å². The maximum Gasteiger partial charge on any atom is 0.119 e. The molecule has 0 saturated carbocycles. The van der Waals surface area contributed by atoms with Crippen LogP contribution in [0.3, 0.4) is 0 Å². The standard InChI is InChI=1S/C19H25NO/c1-4-12-20-19(14-16-9-6-5-8-15(16)2)17-10-7-11-18(13-17)21-3/h5-11,13,19-20H,4,12,14H2,1-3H3. The van der Waals surface area contributed by atoms with Crippen LogP contribution in [0.25, 0.3) is 0 Å². The molecule has 21 heavy (non-hydrogen) atoms. The first-order valence-electron chi connectivity index (χ1n) is 7.66. The average molecular weight is 283 g/mol. The summed E-state index contributed by atoms with van der Waals surface area (Å²) in [5, 5.41) is 3.66. The molecule has 0 heterocycles. The van der Waals surface area contributed by atoms with Crippen LogP contribution < -0.4 is 10.1 Å². The molecule has 1 unspecified atom stereocenters. The molecule has 2 aromatic rings. The lowest BCUT2D eigenvalue weighted by atomic mass is 9.96. The maximum atomic E-state index is 5.36. The minimum Gasteiger partial charge on any atom is -0.497 e. The maximum absolute atomic E-state index is 5.36. The Balaban J connectivity index is 2.23. The van der Waals surface area contributed by atoms with E-state index < -0.39 is 0 Å². The summed E-state index contributed by atoms with van der Waals surface area (Å²) in [4.78, 5) is 0. The molecule has 112 valence electrons. The van der Waals surface area contributed by atoms with E-state index in [9.17, 15) is 0 Å². The molecule has 1 atom stereocenters. The van der Waals surface area contributed by atoms with Gasteiger partial charge >= 0.3 is 0 Å². The van der Waals surface area contributed by atoms with Crippen LogP contribution in [-0.4, -0.2) is 13.7 Å². The Bertz CT molecular complexity index is 565. The van der Waals surface area contributed by atoms with Crippen molar-refractivity contribution >= 4 is 0 Å². The van der Waals surface area contributed by atoms with Crippen LogP contribution in [0.15, 0.2) is 48.5 Å². The van der Waals surface area contributed by atoms with E-state index in [0.717, 1.165) is 25.1 Å². The Morgan fingerprint density at radius 1 is 1.10 bits per heavy atom. The fourth-order valence-electron chi connectivity index (χ4n) is 2.54. The highest BCUT2D eigenvalue weighted by Gasteiger charge is 2.13. The van der Waals surface area contributed by atoms with Crippen molar-refractivity contribution in [1.82, 2.24) is 5.32 Å². The zero-order valence-corrected chi connectivity index (χ0v) is 13.2. The summed E-state index contributed by atoms with van der Waals surface area (Å²) >= 11 is 0. The monoisotopic (exact) mass is 283 g/mol. The number of methoxy groups -OCH3 is 1. The highest BCUT2D eigenvalue weighted by atomic mass is 16.5. The van der Waals surface area contributed by atoms with Gasteiger partial charge in [-0.25, -0.2) is 0 Å². The van der Waals surface area contributed by atoms with Crippen molar-refractivity contribution in [2.75, 3.05) is 13.7 Å². The number of benzene rings is 2. The van der Waals surface area contributed by atoms with Crippen LogP contribution >= 0.6 is 0 Å². The van der Waals surface area contributed by atoms with E-state index in [1.54, 1.807) is 7.11 Å². The molecule has 0 aliphatic carbocycles. The third-order valence-corrected chi connectivity index (χ3v) is 3.82. The van der Waals surface area contributed by atoms with Gasteiger partial charge in [-0.3, -0.25) is 0 Å². The molecular weight excluding hydrogens is 258 g/mol.